The van der Waals surface area contributed by atoms with E-state index < -0.39 is 5.82 Å². The molecule has 6 heteroatoms. The first kappa shape index (κ1) is 11.6. The van der Waals surface area contributed by atoms with Crippen molar-refractivity contribution >= 4 is 29.1 Å². The van der Waals surface area contributed by atoms with Gasteiger partial charge in [-0.2, -0.15) is 4.98 Å². The molecule has 0 saturated carbocycles. The fourth-order valence-electron chi connectivity index (χ4n) is 1.39. The number of nitrogens with zero attached hydrogens (tertiary/aromatic N) is 2. The quantitative estimate of drug-likeness (QED) is 0.863. The van der Waals surface area contributed by atoms with E-state index in [0.29, 0.717) is 11.5 Å². The van der Waals surface area contributed by atoms with Crippen LogP contribution in [0.25, 0.3) is 0 Å². The van der Waals surface area contributed by atoms with E-state index in [0.717, 1.165) is 0 Å². The van der Waals surface area contributed by atoms with Crippen LogP contribution in [-0.4, -0.2) is 9.97 Å². The summed E-state index contributed by atoms with van der Waals surface area (Å²) in [4.78, 5) is 7.87. The van der Waals surface area contributed by atoms with Gasteiger partial charge in [-0.05, 0) is 19.1 Å². The Morgan fingerprint density at radius 1 is 1.35 bits per heavy atom. The van der Waals surface area contributed by atoms with Gasteiger partial charge < -0.3 is 11.1 Å². The highest BCUT2D eigenvalue weighted by atomic mass is 35.5. The van der Waals surface area contributed by atoms with E-state index in [4.69, 9.17) is 17.3 Å². The summed E-state index contributed by atoms with van der Waals surface area (Å²) < 4.78 is 13.6. The third-order valence-electron chi connectivity index (χ3n) is 2.09. The highest BCUT2D eigenvalue weighted by molar-refractivity contribution is 6.31. The van der Waals surface area contributed by atoms with Gasteiger partial charge in [-0.15, -0.1) is 0 Å². The maximum Gasteiger partial charge on any atom is 0.222 e. The minimum atomic E-state index is -0.524. The summed E-state index contributed by atoms with van der Waals surface area (Å²) in [5.41, 5.74) is 6.44. The molecule has 0 aliphatic rings. The Labute approximate surface area is 103 Å². The maximum atomic E-state index is 13.6. The Balaban J connectivity index is 2.34. The summed E-state index contributed by atoms with van der Waals surface area (Å²) >= 11 is 5.67. The second kappa shape index (κ2) is 4.55. The number of benzene rings is 1. The van der Waals surface area contributed by atoms with Crippen LogP contribution in [0.15, 0.2) is 24.3 Å². The van der Waals surface area contributed by atoms with Crippen LogP contribution in [0.5, 0.6) is 0 Å². The van der Waals surface area contributed by atoms with Crippen LogP contribution in [0, 0.1) is 12.7 Å². The molecule has 0 atom stereocenters. The second-order valence-electron chi connectivity index (χ2n) is 3.48. The van der Waals surface area contributed by atoms with Crippen LogP contribution >= 0.6 is 11.6 Å². The lowest BCUT2D eigenvalue weighted by Crippen LogP contribution is -2.02. The van der Waals surface area contributed by atoms with E-state index in [1.807, 2.05) is 0 Å². The zero-order valence-electron chi connectivity index (χ0n) is 9.04. The number of rotatable bonds is 2. The second-order valence-corrected chi connectivity index (χ2v) is 3.89. The predicted molar refractivity (Wildman–Crippen MR) is 65.9 cm³/mol. The average molecular weight is 253 g/mol. The molecule has 2 aromatic rings. The molecule has 0 aliphatic heterocycles. The lowest BCUT2D eigenvalue weighted by molar-refractivity contribution is 0.632. The van der Waals surface area contributed by atoms with E-state index in [2.05, 4.69) is 15.3 Å². The molecule has 0 spiro atoms. The molecule has 1 aromatic heterocycles. The van der Waals surface area contributed by atoms with Crippen LogP contribution in [0.2, 0.25) is 5.02 Å². The molecule has 0 unspecified atom stereocenters. The Hall–Kier alpha value is -1.88. The van der Waals surface area contributed by atoms with Crippen LogP contribution < -0.4 is 11.1 Å². The van der Waals surface area contributed by atoms with Crippen molar-refractivity contribution in [2.24, 2.45) is 0 Å². The van der Waals surface area contributed by atoms with Crippen LogP contribution in [0.1, 0.15) is 5.69 Å². The summed E-state index contributed by atoms with van der Waals surface area (Å²) in [6.07, 6.45) is 0. The minimum Gasteiger partial charge on any atom is -0.368 e. The maximum absolute atomic E-state index is 13.6. The van der Waals surface area contributed by atoms with Crippen molar-refractivity contribution in [1.82, 2.24) is 9.97 Å². The van der Waals surface area contributed by atoms with E-state index in [1.54, 1.807) is 25.1 Å². The van der Waals surface area contributed by atoms with Gasteiger partial charge in [0.1, 0.15) is 5.82 Å². The molecule has 0 bridgehead atoms. The Kier molecular flexibility index (Phi) is 3.10. The van der Waals surface area contributed by atoms with Gasteiger partial charge in [0.05, 0.1) is 10.7 Å². The van der Waals surface area contributed by atoms with Gasteiger partial charge in [0.25, 0.3) is 0 Å². The summed E-state index contributed by atoms with van der Waals surface area (Å²) in [6.45, 7) is 1.78. The zero-order valence-corrected chi connectivity index (χ0v) is 9.79. The van der Waals surface area contributed by atoms with Crippen molar-refractivity contribution in [3.63, 3.8) is 0 Å². The van der Waals surface area contributed by atoms with Crippen molar-refractivity contribution < 1.29 is 4.39 Å². The lowest BCUT2D eigenvalue weighted by Gasteiger charge is -2.08. The van der Waals surface area contributed by atoms with Gasteiger partial charge in [-0.25, -0.2) is 9.37 Å². The molecule has 0 saturated heterocycles. The van der Waals surface area contributed by atoms with Gasteiger partial charge in [0.2, 0.25) is 5.95 Å². The molecule has 0 amide bonds. The SMILES string of the molecule is Cc1cc(Nc2cccc(Cl)c2F)nc(N)n1. The normalized spacial score (nSPS) is 10.3. The predicted octanol–water partition coefficient (Wildman–Crippen LogP) is 2.90. The van der Waals surface area contributed by atoms with E-state index >= 15 is 0 Å². The van der Waals surface area contributed by atoms with Gasteiger partial charge in [0.15, 0.2) is 5.82 Å². The lowest BCUT2D eigenvalue weighted by atomic mass is 10.3. The first-order valence-corrected chi connectivity index (χ1v) is 5.26. The van der Waals surface area contributed by atoms with Crippen molar-refractivity contribution in [2.75, 3.05) is 11.1 Å². The van der Waals surface area contributed by atoms with E-state index in [9.17, 15) is 4.39 Å². The molecule has 2 rings (SSSR count). The third kappa shape index (κ3) is 2.62. The fraction of sp³-hybridized carbons (Fsp3) is 0.0909. The Morgan fingerprint density at radius 3 is 2.82 bits per heavy atom. The zero-order chi connectivity index (χ0) is 12.4. The van der Waals surface area contributed by atoms with Crippen molar-refractivity contribution in [1.29, 1.82) is 0 Å². The molecule has 17 heavy (non-hydrogen) atoms. The monoisotopic (exact) mass is 252 g/mol. The van der Waals surface area contributed by atoms with E-state index in [-0.39, 0.29) is 16.7 Å². The first-order chi connectivity index (χ1) is 8.06. The van der Waals surface area contributed by atoms with Gasteiger partial charge in [0, 0.05) is 11.8 Å². The number of aromatic nitrogens is 2. The molecule has 0 radical (unpaired) electrons. The molecule has 1 aromatic carbocycles. The summed E-state index contributed by atoms with van der Waals surface area (Å²) in [7, 11) is 0. The molecule has 0 aliphatic carbocycles. The topological polar surface area (TPSA) is 63.8 Å². The average Bonchev–Trinajstić information content (AvgIpc) is 2.23. The van der Waals surface area contributed by atoms with Crippen molar-refractivity contribution in [2.45, 2.75) is 6.92 Å². The summed E-state index contributed by atoms with van der Waals surface area (Å²) in [5, 5.41) is 2.85. The van der Waals surface area contributed by atoms with Crippen molar-refractivity contribution in [3.8, 4) is 0 Å². The van der Waals surface area contributed by atoms with Gasteiger partial charge in [-0.3, -0.25) is 0 Å². The highest BCUT2D eigenvalue weighted by Gasteiger charge is 2.07. The van der Waals surface area contributed by atoms with Gasteiger partial charge in [-0.1, -0.05) is 17.7 Å². The number of nitrogens with one attached hydrogen (secondary N) is 1. The minimum absolute atomic E-state index is 0.0498. The largest absolute Gasteiger partial charge is 0.368 e. The van der Waals surface area contributed by atoms with Crippen molar-refractivity contribution in [3.05, 3.63) is 40.8 Å². The number of nitrogen functional groups attached to an aromatic ring is 1. The molecule has 4 nitrogen and oxygen atoms in total. The fourth-order valence-corrected chi connectivity index (χ4v) is 1.57. The first-order valence-electron chi connectivity index (χ1n) is 4.88. The molecular weight excluding hydrogens is 243 g/mol. The number of anilines is 3. The summed E-state index contributed by atoms with van der Waals surface area (Å²) in [6, 6.07) is 6.35. The molecule has 88 valence electrons. The molecule has 3 N–H and O–H groups in total. The van der Waals surface area contributed by atoms with Gasteiger partial charge >= 0.3 is 0 Å². The van der Waals surface area contributed by atoms with Crippen LogP contribution in [-0.2, 0) is 0 Å². The Bertz CT molecular complexity index is 539. The number of nitrogens with two attached hydrogens (primary N) is 1. The Morgan fingerprint density at radius 2 is 2.12 bits per heavy atom. The molecule has 0 fully saturated rings. The summed E-state index contributed by atoms with van der Waals surface area (Å²) in [5.74, 6) is 0.0371. The highest BCUT2D eigenvalue weighted by Crippen LogP contribution is 2.24. The van der Waals surface area contributed by atoms with E-state index in [1.165, 1.54) is 6.07 Å². The molecule has 1 heterocycles. The van der Waals surface area contributed by atoms with Crippen LogP contribution in [0.3, 0.4) is 0 Å². The molecular formula is C11H10ClFN4. The number of hydrogen-bond acceptors (Lipinski definition) is 4. The van der Waals surface area contributed by atoms with Crippen LogP contribution in [0.4, 0.5) is 21.8 Å². The number of halogens is 2. The smallest absolute Gasteiger partial charge is 0.222 e. The number of hydrogen-bond donors (Lipinski definition) is 2. The third-order valence-corrected chi connectivity index (χ3v) is 2.38. The standard InChI is InChI=1S/C11H10ClFN4/c1-6-5-9(17-11(14)15-6)16-8-4-2-3-7(12)10(8)13/h2-5H,1H3,(H3,14,15,16,17). The number of aryl methyl sites for hydroxylation is 1.